The zero-order valence-electron chi connectivity index (χ0n) is 10.0. The van der Waals surface area contributed by atoms with Crippen LogP contribution in [-0.4, -0.2) is 17.6 Å². The fourth-order valence-electron chi connectivity index (χ4n) is 1.26. The van der Waals surface area contributed by atoms with Crippen molar-refractivity contribution in [3.63, 3.8) is 0 Å². The van der Waals surface area contributed by atoms with Crippen molar-refractivity contribution in [3.8, 4) is 0 Å². The molecule has 0 fully saturated rings. The SMILES string of the molecule is CC(C)(C)CCNCc1cc(C(=O)O)co1. The van der Waals surface area contributed by atoms with E-state index in [1.165, 1.54) is 6.26 Å². The molecule has 0 unspecified atom stereocenters. The third kappa shape index (κ3) is 4.49. The lowest BCUT2D eigenvalue weighted by Crippen LogP contribution is -2.19. The van der Waals surface area contributed by atoms with Crippen LogP contribution in [0.2, 0.25) is 0 Å². The van der Waals surface area contributed by atoms with Crippen molar-refractivity contribution < 1.29 is 14.3 Å². The Hall–Kier alpha value is -1.29. The Balaban J connectivity index is 2.30. The van der Waals surface area contributed by atoms with Crippen LogP contribution < -0.4 is 5.32 Å². The molecule has 0 spiro atoms. The molecule has 4 nitrogen and oxygen atoms in total. The highest BCUT2D eigenvalue weighted by Crippen LogP contribution is 2.17. The highest BCUT2D eigenvalue weighted by atomic mass is 16.4. The summed E-state index contributed by atoms with van der Waals surface area (Å²) < 4.78 is 5.11. The first-order valence-electron chi connectivity index (χ1n) is 5.40. The average Bonchev–Trinajstić information content (AvgIpc) is 2.59. The summed E-state index contributed by atoms with van der Waals surface area (Å²) in [4.78, 5) is 10.6. The smallest absolute Gasteiger partial charge is 0.338 e. The minimum atomic E-state index is -0.954. The van der Waals surface area contributed by atoms with Crippen LogP contribution in [0.5, 0.6) is 0 Å². The number of nitrogens with one attached hydrogen (secondary N) is 1. The Morgan fingerprint density at radius 3 is 2.69 bits per heavy atom. The van der Waals surface area contributed by atoms with Crippen molar-refractivity contribution in [1.29, 1.82) is 0 Å². The van der Waals surface area contributed by atoms with Crippen LogP contribution in [0.1, 0.15) is 43.3 Å². The summed E-state index contributed by atoms with van der Waals surface area (Å²) in [7, 11) is 0. The maximum absolute atomic E-state index is 10.6. The van der Waals surface area contributed by atoms with Crippen LogP contribution >= 0.6 is 0 Å². The van der Waals surface area contributed by atoms with E-state index in [1.807, 2.05) is 0 Å². The number of aromatic carboxylic acids is 1. The van der Waals surface area contributed by atoms with Gasteiger partial charge in [-0.3, -0.25) is 0 Å². The van der Waals surface area contributed by atoms with Crippen LogP contribution in [0.3, 0.4) is 0 Å². The Labute approximate surface area is 95.7 Å². The lowest BCUT2D eigenvalue weighted by atomic mass is 9.92. The number of hydrogen-bond donors (Lipinski definition) is 2. The van der Waals surface area contributed by atoms with Gasteiger partial charge in [0.2, 0.25) is 0 Å². The minimum Gasteiger partial charge on any atom is -0.478 e. The molecule has 1 rings (SSSR count). The predicted octanol–water partition coefficient (Wildman–Crippen LogP) is 2.50. The van der Waals surface area contributed by atoms with Gasteiger partial charge in [0.15, 0.2) is 0 Å². The monoisotopic (exact) mass is 225 g/mol. The molecule has 0 aliphatic carbocycles. The second-order valence-corrected chi connectivity index (χ2v) is 5.09. The van der Waals surface area contributed by atoms with Crippen LogP contribution in [-0.2, 0) is 6.54 Å². The molecule has 16 heavy (non-hydrogen) atoms. The van der Waals surface area contributed by atoms with Gasteiger partial charge >= 0.3 is 5.97 Å². The Morgan fingerprint density at radius 1 is 1.50 bits per heavy atom. The number of carboxylic acid groups (broad SMARTS) is 1. The maximum Gasteiger partial charge on any atom is 0.338 e. The molecule has 0 atom stereocenters. The van der Waals surface area contributed by atoms with Crippen LogP contribution in [0.15, 0.2) is 16.7 Å². The zero-order chi connectivity index (χ0) is 12.2. The maximum atomic E-state index is 10.6. The van der Waals surface area contributed by atoms with Gasteiger partial charge in [0.1, 0.15) is 12.0 Å². The van der Waals surface area contributed by atoms with Gasteiger partial charge in [-0.15, -0.1) is 0 Å². The first-order chi connectivity index (χ1) is 7.38. The fourth-order valence-corrected chi connectivity index (χ4v) is 1.26. The molecular weight excluding hydrogens is 206 g/mol. The van der Waals surface area contributed by atoms with Gasteiger partial charge < -0.3 is 14.8 Å². The molecule has 0 aliphatic rings. The van der Waals surface area contributed by atoms with Crippen molar-refractivity contribution in [2.45, 2.75) is 33.7 Å². The molecule has 0 saturated carbocycles. The summed E-state index contributed by atoms with van der Waals surface area (Å²) in [6.07, 6.45) is 2.34. The normalized spacial score (nSPS) is 11.7. The van der Waals surface area contributed by atoms with E-state index < -0.39 is 5.97 Å². The zero-order valence-corrected chi connectivity index (χ0v) is 10.0. The lowest BCUT2D eigenvalue weighted by Gasteiger charge is -2.17. The minimum absolute atomic E-state index is 0.202. The molecule has 0 amide bonds. The van der Waals surface area contributed by atoms with Gasteiger partial charge in [0, 0.05) is 0 Å². The number of furan rings is 1. The Morgan fingerprint density at radius 2 is 2.19 bits per heavy atom. The quantitative estimate of drug-likeness (QED) is 0.756. The number of carboxylic acids is 1. The number of rotatable bonds is 5. The summed E-state index contributed by atoms with van der Waals surface area (Å²) in [6.45, 7) is 8.02. The van der Waals surface area contributed by atoms with Crippen LogP contribution in [0, 0.1) is 5.41 Å². The summed E-state index contributed by atoms with van der Waals surface area (Å²) in [5.74, 6) is -0.295. The van der Waals surface area contributed by atoms with Crippen molar-refractivity contribution >= 4 is 5.97 Å². The van der Waals surface area contributed by atoms with Gasteiger partial charge in [0.25, 0.3) is 0 Å². The highest BCUT2D eigenvalue weighted by molar-refractivity contribution is 5.87. The summed E-state index contributed by atoms with van der Waals surface area (Å²) in [5.41, 5.74) is 0.509. The van der Waals surface area contributed by atoms with Gasteiger partial charge in [-0.05, 0) is 24.4 Å². The van der Waals surface area contributed by atoms with Crippen LogP contribution in [0.25, 0.3) is 0 Å². The molecule has 0 aliphatic heterocycles. The van der Waals surface area contributed by atoms with E-state index in [9.17, 15) is 4.79 Å². The van der Waals surface area contributed by atoms with Crippen molar-refractivity contribution in [2.75, 3.05) is 6.54 Å². The Bertz CT molecular complexity index is 349. The van der Waals surface area contributed by atoms with E-state index in [2.05, 4.69) is 26.1 Å². The largest absolute Gasteiger partial charge is 0.478 e. The van der Waals surface area contributed by atoms with E-state index in [1.54, 1.807) is 6.07 Å². The molecular formula is C12H19NO3. The molecule has 4 heteroatoms. The van der Waals surface area contributed by atoms with Crippen LogP contribution in [0.4, 0.5) is 0 Å². The number of carbonyl (C=O) groups is 1. The van der Waals surface area contributed by atoms with Gasteiger partial charge in [-0.2, -0.15) is 0 Å². The second-order valence-electron chi connectivity index (χ2n) is 5.09. The third-order valence-corrected chi connectivity index (χ3v) is 2.25. The van der Waals surface area contributed by atoms with E-state index in [-0.39, 0.29) is 5.56 Å². The summed E-state index contributed by atoms with van der Waals surface area (Å²) in [6, 6.07) is 1.55. The lowest BCUT2D eigenvalue weighted by molar-refractivity contribution is 0.0696. The van der Waals surface area contributed by atoms with Crippen molar-refractivity contribution in [1.82, 2.24) is 5.32 Å². The Kier molecular flexibility index (Phi) is 4.12. The van der Waals surface area contributed by atoms with E-state index in [0.717, 1.165) is 13.0 Å². The molecule has 1 aromatic rings. The topological polar surface area (TPSA) is 62.5 Å². The summed E-state index contributed by atoms with van der Waals surface area (Å²) >= 11 is 0. The first kappa shape index (κ1) is 12.8. The molecule has 0 saturated heterocycles. The molecule has 1 heterocycles. The van der Waals surface area contributed by atoms with E-state index in [0.29, 0.717) is 17.7 Å². The standard InChI is InChI=1S/C12H19NO3/c1-12(2,3)4-5-13-7-10-6-9(8-16-10)11(14)15/h6,8,13H,4-5,7H2,1-3H3,(H,14,15). The fraction of sp³-hybridized carbons (Fsp3) is 0.583. The van der Waals surface area contributed by atoms with Crippen molar-refractivity contribution in [2.24, 2.45) is 5.41 Å². The third-order valence-electron chi connectivity index (χ3n) is 2.25. The molecule has 0 bridgehead atoms. The molecule has 1 aromatic heterocycles. The number of hydrogen-bond acceptors (Lipinski definition) is 3. The molecule has 0 radical (unpaired) electrons. The summed E-state index contributed by atoms with van der Waals surface area (Å²) in [5, 5.41) is 11.9. The highest BCUT2D eigenvalue weighted by Gasteiger charge is 2.10. The molecule has 90 valence electrons. The van der Waals surface area contributed by atoms with Gasteiger partial charge in [-0.1, -0.05) is 20.8 Å². The molecule has 2 N–H and O–H groups in total. The van der Waals surface area contributed by atoms with Gasteiger partial charge in [0.05, 0.1) is 12.1 Å². The molecule has 0 aromatic carbocycles. The second kappa shape index (κ2) is 5.16. The average molecular weight is 225 g/mol. The first-order valence-corrected chi connectivity index (χ1v) is 5.40. The van der Waals surface area contributed by atoms with Crippen molar-refractivity contribution in [3.05, 3.63) is 23.7 Å². The predicted molar refractivity (Wildman–Crippen MR) is 61.4 cm³/mol. The van der Waals surface area contributed by atoms with E-state index >= 15 is 0 Å². The van der Waals surface area contributed by atoms with Gasteiger partial charge in [-0.25, -0.2) is 4.79 Å². The van der Waals surface area contributed by atoms with E-state index in [4.69, 9.17) is 9.52 Å².